The summed E-state index contributed by atoms with van der Waals surface area (Å²) >= 11 is 0. The van der Waals surface area contributed by atoms with Crippen molar-refractivity contribution < 1.29 is 0 Å². The maximum atomic E-state index is 10.5. The van der Waals surface area contributed by atoms with E-state index in [0.29, 0.717) is 0 Å². The van der Waals surface area contributed by atoms with E-state index in [1.54, 1.807) is 0 Å². The number of benzene rings is 1. The second-order valence-electron chi connectivity index (χ2n) is 3.11. The van der Waals surface area contributed by atoms with E-state index in [-0.39, 0.29) is 6.04 Å². The van der Waals surface area contributed by atoms with E-state index in [9.17, 15) is 4.91 Å². The van der Waals surface area contributed by atoms with Crippen LogP contribution in [0.3, 0.4) is 0 Å². The fourth-order valence-corrected chi connectivity index (χ4v) is 1.67. The predicted molar refractivity (Wildman–Crippen MR) is 47.9 cm³/mol. The summed E-state index contributed by atoms with van der Waals surface area (Å²) < 4.78 is 0. The summed E-state index contributed by atoms with van der Waals surface area (Å²) in [5, 5.41) is 4.53. The maximum absolute atomic E-state index is 10.5. The first-order chi connectivity index (χ1) is 5.83. The van der Waals surface area contributed by atoms with Crippen LogP contribution in [-0.2, 0) is 6.42 Å². The van der Waals surface area contributed by atoms with Crippen LogP contribution in [0.25, 0.3) is 0 Å². The average Bonchev–Trinajstić information content (AvgIpc) is 2.40. The summed E-state index contributed by atoms with van der Waals surface area (Å²) in [5.41, 5.74) is 2.17. The molecule has 1 heterocycles. The molecule has 0 radical (unpaired) electrons. The van der Waals surface area contributed by atoms with Gasteiger partial charge in [0, 0.05) is 0 Å². The van der Waals surface area contributed by atoms with Crippen LogP contribution >= 0.6 is 0 Å². The van der Waals surface area contributed by atoms with Gasteiger partial charge >= 0.3 is 0 Å². The highest BCUT2D eigenvalue weighted by atomic mass is 16.3. The molecule has 3 heteroatoms. The van der Waals surface area contributed by atoms with Crippen LogP contribution in [0.4, 0.5) is 5.69 Å². The van der Waals surface area contributed by atoms with Gasteiger partial charge in [0.15, 0.2) is 0 Å². The van der Waals surface area contributed by atoms with Gasteiger partial charge in [-0.3, -0.25) is 0 Å². The van der Waals surface area contributed by atoms with Crippen LogP contribution in [0.15, 0.2) is 29.6 Å². The number of hydrogen-bond acceptors (Lipinski definition) is 2. The Hall–Kier alpha value is -1.38. The van der Waals surface area contributed by atoms with Gasteiger partial charge in [0.05, 0.1) is 17.0 Å². The van der Waals surface area contributed by atoms with Gasteiger partial charge in [0.1, 0.15) is 0 Å². The second kappa shape index (κ2) is 2.59. The predicted octanol–water partition coefficient (Wildman–Crippen LogP) is 2.12. The standard InChI is InChI=1S/C9H10N2O/c1-7-6-8-4-2-3-5-9(8)11(7)10-12/h2-5,7H,6H2,1H3. The Morgan fingerprint density at radius 3 is 3.00 bits per heavy atom. The SMILES string of the molecule is CC1Cc2ccccc2N1N=O. The van der Waals surface area contributed by atoms with Gasteiger partial charge in [0.25, 0.3) is 0 Å². The summed E-state index contributed by atoms with van der Waals surface area (Å²) in [6.45, 7) is 2.00. The molecule has 1 aliphatic heterocycles. The fraction of sp³-hybridized carbons (Fsp3) is 0.333. The summed E-state index contributed by atoms with van der Waals surface area (Å²) in [7, 11) is 0. The zero-order valence-electron chi connectivity index (χ0n) is 6.90. The van der Waals surface area contributed by atoms with Crippen molar-refractivity contribution in [2.45, 2.75) is 19.4 Å². The lowest BCUT2D eigenvalue weighted by atomic mass is 10.1. The number of rotatable bonds is 1. The largest absolute Gasteiger partial charge is 0.226 e. The molecular formula is C9H10N2O. The third-order valence-corrected chi connectivity index (χ3v) is 2.26. The minimum atomic E-state index is 0.208. The van der Waals surface area contributed by atoms with E-state index >= 15 is 0 Å². The van der Waals surface area contributed by atoms with Crippen molar-refractivity contribution in [1.29, 1.82) is 0 Å². The molecule has 1 aromatic carbocycles. The first-order valence-corrected chi connectivity index (χ1v) is 4.03. The number of para-hydroxylation sites is 1. The van der Waals surface area contributed by atoms with Crippen molar-refractivity contribution in [3.8, 4) is 0 Å². The van der Waals surface area contributed by atoms with Gasteiger partial charge < -0.3 is 0 Å². The van der Waals surface area contributed by atoms with Gasteiger partial charge in [-0.2, -0.15) is 0 Å². The van der Waals surface area contributed by atoms with E-state index < -0.39 is 0 Å². The molecule has 1 aliphatic rings. The molecule has 0 bridgehead atoms. The Morgan fingerprint density at radius 2 is 2.25 bits per heavy atom. The molecule has 0 fully saturated rings. The molecule has 12 heavy (non-hydrogen) atoms. The molecule has 0 N–H and O–H groups in total. The zero-order chi connectivity index (χ0) is 8.55. The van der Waals surface area contributed by atoms with Crippen molar-refractivity contribution >= 4 is 5.69 Å². The molecule has 0 saturated carbocycles. The van der Waals surface area contributed by atoms with Gasteiger partial charge in [-0.05, 0) is 25.0 Å². The number of nitroso groups, excluding NO2 is 1. The Kier molecular flexibility index (Phi) is 1.57. The summed E-state index contributed by atoms with van der Waals surface area (Å²) in [6, 6.07) is 8.09. The van der Waals surface area contributed by atoms with Gasteiger partial charge in [-0.15, -0.1) is 4.91 Å². The lowest BCUT2D eigenvalue weighted by Crippen LogP contribution is -2.22. The molecule has 0 aliphatic carbocycles. The third-order valence-electron chi connectivity index (χ3n) is 2.26. The Morgan fingerprint density at radius 1 is 1.50 bits per heavy atom. The lowest BCUT2D eigenvalue weighted by molar-refractivity contribution is 0.694. The molecule has 3 nitrogen and oxygen atoms in total. The van der Waals surface area contributed by atoms with Crippen LogP contribution in [0.5, 0.6) is 0 Å². The number of fused-ring (bicyclic) bond motifs is 1. The molecule has 0 aromatic heterocycles. The minimum absolute atomic E-state index is 0.208. The molecule has 0 saturated heterocycles. The Labute approximate surface area is 70.9 Å². The molecule has 1 aromatic rings. The van der Waals surface area contributed by atoms with E-state index in [1.165, 1.54) is 10.6 Å². The molecule has 0 amide bonds. The first kappa shape index (κ1) is 7.28. The van der Waals surface area contributed by atoms with Crippen LogP contribution < -0.4 is 5.01 Å². The molecule has 1 atom stereocenters. The van der Waals surface area contributed by atoms with Gasteiger partial charge in [-0.25, -0.2) is 5.01 Å². The normalized spacial score (nSPS) is 20.8. The number of nitrogens with zero attached hydrogens (tertiary/aromatic N) is 2. The average molecular weight is 162 g/mol. The fourth-order valence-electron chi connectivity index (χ4n) is 1.67. The highest BCUT2D eigenvalue weighted by Gasteiger charge is 2.25. The molecule has 0 spiro atoms. The van der Waals surface area contributed by atoms with Gasteiger partial charge in [-0.1, -0.05) is 18.2 Å². The maximum Gasteiger partial charge on any atom is 0.0662 e. The molecule has 62 valence electrons. The van der Waals surface area contributed by atoms with Crippen LogP contribution in [0.2, 0.25) is 0 Å². The van der Waals surface area contributed by atoms with E-state index in [0.717, 1.165) is 12.1 Å². The molecule has 2 rings (SSSR count). The first-order valence-electron chi connectivity index (χ1n) is 4.03. The van der Waals surface area contributed by atoms with Gasteiger partial charge in [0.2, 0.25) is 0 Å². The summed E-state index contributed by atoms with van der Waals surface area (Å²) in [6.07, 6.45) is 0.919. The summed E-state index contributed by atoms with van der Waals surface area (Å²) in [4.78, 5) is 10.5. The number of anilines is 1. The highest BCUT2D eigenvalue weighted by molar-refractivity contribution is 5.58. The van der Waals surface area contributed by atoms with Crippen LogP contribution in [0.1, 0.15) is 12.5 Å². The topological polar surface area (TPSA) is 32.7 Å². The highest BCUT2D eigenvalue weighted by Crippen LogP contribution is 2.31. The lowest BCUT2D eigenvalue weighted by Gasteiger charge is -2.12. The monoisotopic (exact) mass is 162 g/mol. The smallest absolute Gasteiger partial charge is 0.0662 e. The minimum Gasteiger partial charge on any atom is -0.226 e. The van der Waals surface area contributed by atoms with E-state index in [2.05, 4.69) is 5.29 Å². The summed E-state index contributed by atoms with van der Waals surface area (Å²) in [5.74, 6) is 0. The second-order valence-corrected chi connectivity index (χ2v) is 3.11. The molecular weight excluding hydrogens is 152 g/mol. The number of hydrogen-bond donors (Lipinski definition) is 0. The Bertz CT molecular complexity index is 311. The van der Waals surface area contributed by atoms with Crippen LogP contribution in [0, 0.1) is 4.91 Å². The quantitative estimate of drug-likeness (QED) is 0.592. The molecule has 1 unspecified atom stereocenters. The van der Waals surface area contributed by atoms with Crippen molar-refractivity contribution in [3.05, 3.63) is 34.7 Å². The third kappa shape index (κ3) is 0.897. The van der Waals surface area contributed by atoms with E-state index in [4.69, 9.17) is 0 Å². The van der Waals surface area contributed by atoms with Crippen LogP contribution in [-0.4, -0.2) is 6.04 Å². The van der Waals surface area contributed by atoms with Crippen molar-refractivity contribution in [1.82, 2.24) is 0 Å². The Balaban J connectivity index is 2.47. The zero-order valence-corrected chi connectivity index (χ0v) is 6.90. The van der Waals surface area contributed by atoms with Crippen molar-refractivity contribution in [3.63, 3.8) is 0 Å². The van der Waals surface area contributed by atoms with Crippen molar-refractivity contribution in [2.75, 3.05) is 5.01 Å². The van der Waals surface area contributed by atoms with E-state index in [1.807, 2.05) is 31.2 Å². The van der Waals surface area contributed by atoms with Crippen molar-refractivity contribution in [2.24, 2.45) is 5.29 Å².